The van der Waals surface area contributed by atoms with Gasteiger partial charge < -0.3 is 19.4 Å². The molecular weight excluding hydrogens is 419 g/mol. The van der Waals surface area contributed by atoms with E-state index in [0.29, 0.717) is 42.9 Å². The lowest BCUT2D eigenvalue weighted by molar-refractivity contribution is -0.0950. The molecule has 0 atom stereocenters. The zero-order valence-electron chi connectivity index (χ0n) is 17.6. The number of ether oxygens (including phenoxy) is 3. The van der Waals surface area contributed by atoms with Crippen LogP contribution in [0.5, 0.6) is 0 Å². The normalized spacial score (nSPS) is 16.1. The smallest absolute Gasteiger partial charge is 0.124 e. The molecule has 3 rings (SSSR count). The van der Waals surface area contributed by atoms with Crippen LogP contribution < -0.4 is 0 Å². The number of benzene rings is 2. The second-order valence-electron chi connectivity index (χ2n) is 7.22. The van der Waals surface area contributed by atoms with E-state index in [1.165, 1.54) is 31.0 Å². The zero-order valence-corrected chi connectivity index (χ0v) is 18.4. The predicted molar refractivity (Wildman–Crippen MR) is 115 cm³/mol. The summed E-state index contributed by atoms with van der Waals surface area (Å²) in [6.45, 7) is 1.27. The van der Waals surface area contributed by atoms with Gasteiger partial charge in [0.25, 0.3) is 0 Å². The third-order valence-electron chi connectivity index (χ3n) is 5.38. The molecule has 31 heavy (non-hydrogen) atoms. The molecule has 0 saturated carbocycles. The SMILES string of the molecule is COC/C(=N/O)c1ccc(Sc2cc(F)cc(C3(OC)CCOCC3)c2)cc1CC#N. The van der Waals surface area contributed by atoms with Crippen LogP contribution in [0.2, 0.25) is 0 Å². The van der Waals surface area contributed by atoms with E-state index in [2.05, 4.69) is 11.2 Å². The minimum absolute atomic E-state index is 0.123. The minimum atomic E-state index is -0.557. The Balaban J connectivity index is 1.93. The van der Waals surface area contributed by atoms with E-state index in [1.807, 2.05) is 18.2 Å². The van der Waals surface area contributed by atoms with Gasteiger partial charge in [0, 0.05) is 55.6 Å². The molecule has 0 aromatic heterocycles. The van der Waals surface area contributed by atoms with Crippen molar-refractivity contribution in [2.24, 2.45) is 5.16 Å². The first-order valence-corrected chi connectivity index (χ1v) is 10.7. The maximum absolute atomic E-state index is 14.5. The fraction of sp³-hybridized carbons (Fsp3) is 0.391. The maximum atomic E-state index is 14.5. The molecule has 1 N–H and O–H groups in total. The topological polar surface area (TPSA) is 84.1 Å². The van der Waals surface area contributed by atoms with Gasteiger partial charge in [0.2, 0.25) is 0 Å². The standard InChI is InChI=1S/C23H25FN2O4S/c1-28-15-22(26-27)21-4-3-19(11-16(21)5-8-25)31-20-13-17(12-18(24)14-20)23(29-2)6-9-30-10-7-23/h3-4,11-14,27H,5-7,9-10,15H2,1-2H3/b26-22-. The van der Waals surface area contributed by atoms with Gasteiger partial charge in [-0.15, -0.1) is 0 Å². The van der Waals surface area contributed by atoms with Crippen LogP contribution in [0.1, 0.15) is 29.5 Å². The first kappa shape index (κ1) is 23.2. The summed E-state index contributed by atoms with van der Waals surface area (Å²) >= 11 is 1.40. The first-order chi connectivity index (χ1) is 15.0. The lowest BCUT2D eigenvalue weighted by Gasteiger charge is -2.36. The number of halogens is 1. The molecule has 1 aliphatic heterocycles. The summed E-state index contributed by atoms with van der Waals surface area (Å²) in [4.78, 5) is 1.58. The first-order valence-electron chi connectivity index (χ1n) is 9.87. The van der Waals surface area contributed by atoms with Gasteiger partial charge in [0.1, 0.15) is 11.5 Å². The van der Waals surface area contributed by atoms with Gasteiger partial charge in [-0.05, 0) is 41.5 Å². The van der Waals surface area contributed by atoms with Gasteiger partial charge in [0.15, 0.2) is 0 Å². The number of hydrogen-bond donors (Lipinski definition) is 1. The largest absolute Gasteiger partial charge is 0.411 e. The van der Waals surface area contributed by atoms with Crippen LogP contribution in [0.4, 0.5) is 4.39 Å². The lowest BCUT2D eigenvalue weighted by Crippen LogP contribution is -2.35. The van der Waals surface area contributed by atoms with Gasteiger partial charge in [-0.3, -0.25) is 0 Å². The van der Waals surface area contributed by atoms with Crippen molar-refractivity contribution in [3.05, 3.63) is 58.9 Å². The van der Waals surface area contributed by atoms with Crippen LogP contribution in [-0.2, 0) is 26.2 Å². The van der Waals surface area contributed by atoms with Crippen molar-refractivity contribution < 1.29 is 23.8 Å². The molecule has 1 aliphatic rings. The third-order valence-corrected chi connectivity index (χ3v) is 6.34. The van der Waals surface area contributed by atoms with E-state index < -0.39 is 5.60 Å². The second kappa shape index (κ2) is 10.7. The van der Waals surface area contributed by atoms with Crippen molar-refractivity contribution in [1.29, 1.82) is 5.26 Å². The molecule has 0 aliphatic carbocycles. The Bertz CT molecular complexity index is 984. The average Bonchev–Trinajstić information content (AvgIpc) is 2.78. The molecule has 0 spiro atoms. The summed E-state index contributed by atoms with van der Waals surface area (Å²) < 4.78 is 30.8. The van der Waals surface area contributed by atoms with E-state index in [-0.39, 0.29) is 18.8 Å². The molecule has 0 amide bonds. The van der Waals surface area contributed by atoms with Gasteiger partial charge in [-0.25, -0.2) is 4.39 Å². The fourth-order valence-electron chi connectivity index (χ4n) is 3.78. The Labute approximate surface area is 185 Å². The molecule has 8 heteroatoms. The number of nitriles is 1. The van der Waals surface area contributed by atoms with E-state index >= 15 is 0 Å². The van der Waals surface area contributed by atoms with E-state index in [4.69, 9.17) is 14.2 Å². The highest BCUT2D eigenvalue weighted by molar-refractivity contribution is 7.99. The molecule has 1 saturated heterocycles. The Hall–Kier alpha value is -2.44. The Morgan fingerprint density at radius 1 is 1.23 bits per heavy atom. The number of rotatable bonds is 8. The third kappa shape index (κ3) is 5.43. The predicted octanol–water partition coefficient (Wildman–Crippen LogP) is 4.52. The summed E-state index contributed by atoms with van der Waals surface area (Å²) in [6, 6.07) is 12.6. The monoisotopic (exact) mass is 444 g/mol. The van der Waals surface area contributed by atoms with Gasteiger partial charge >= 0.3 is 0 Å². The molecular formula is C23H25FN2O4S. The van der Waals surface area contributed by atoms with Crippen molar-refractivity contribution in [3.63, 3.8) is 0 Å². The summed E-state index contributed by atoms with van der Waals surface area (Å²) in [6.07, 6.45) is 1.48. The summed E-state index contributed by atoms with van der Waals surface area (Å²) in [7, 11) is 3.16. The van der Waals surface area contributed by atoms with Crippen LogP contribution in [-0.4, -0.2) is 45.0 Å². The molecule has 0 radical (unpaired) electrons. The minimum Gasteiger partial charge on any atom is -0.411 e. The lowest BCUT2D eigenvalue weighted by atomic mass is 9.86. The molecule has 0 bridgehead atoms. The summed E-state index contributed by atoms with van der Waals surface area (Å²) in [5.41, 5.74) is 1.95. The number of oxime groups is 1. The average molecular weight is 445 g/mol. The highest BCUT2D eigenvalue weighted by Crippen LogP contribution is 2.39. The number of hydrogen-bond acceptors (Lipinski definition) is 7. The van der Waals surface area contributed by atoms with Gasteiger partial charge in [-0.2, -0.15) is 5.26 Å². The molecule has 2 aromatic rings. The number of methoxy groups -OCH3 is 2. The molecule has 2 aromatic carbocycles. The van der Waals surface area contributed by atoms with Crippen LogP contribution >= 0.6 is 11.8 Å². The quantitative estimate of drug-likeness (QED) is 0.366. The van der Waals surface area contributed by atoms with Gasteiger partial charge in [0.05, 0.1) is 24.7 Å². The number of nitrogens with zero attached hydrogens (tertiary/aromatic N) is 2. The van der Waals surface area contributed by atoms with E-state index in [0.717, 1.165) is 15.4 Å². The van der Waals surface area contributed by atoms with Crippen molar-refractivity contribution in [2.45, 2.75) is 34.7 Å². The summed E-state index contributed by atoms with van der Waals surface area (Å²) in [5.74, 6) is -0.327. The van der Waals surface area contributed by atoms with Crippen LogP contribution in [0.25, 0.3) is 0 Å². The van der Waals surface area contributed by atoms with E-state index in [9.17, 15) is 14.9 Å². The Kier molecular flexibility index (Phi) is 8.04. The van der Waals surface area contributed by atoms with Crippen molar-refractivity contribution >= 4 is 17.5 Å². The van der Waals surface area contributed by atoms with Crippen molar-refractivity contribution in [1.82, 2.24) is 0 Å². The van der Waals surface area contributed by atoms with Crippen molar-refractivity contribution in [3.8, 4) is 6.07 Å². The molecule has 1 fully saturated rings. The van der Waals surface area contributed by atoms with Gasteiger partial charge in [-0.1, -0.05) is 23.0 Å². The zero-order chi connectivity index (χ0) is 22.3. The maximum Gasteiger partial charge on any atom is 0.124 e. The highest BCUT2D eigenvalue weighted by Gasteiger charge is 2.35. The Morgan fingerprint density at radius 2 is 2.00 bits per heavy atom. The molecule has 1 heterocycles. The molecule has 6 nitrogen and oxygen atoms in total. The highest BCUT2D eigenvalue weighted by atomic mass is 32.2. The van der Waals surface area contributed by atoms with E-state index in [1.54, 1.807) is 13.2 Å². The Morgan fingerprint density at radius 3 is 2.65 bits per heavy atom. The van der Waals surface area contributed by atoms with Crippen molar-refractivity contribution in [2.75, 3.05) is 34.0 Å². The summed E-state index contributed by atoms with van der Waals surface area (Å²) in [5, 5.41) is 21.8. The second-order valence-corrected chi connectivity index (χ2v) is 8.37. The molecule has 164 valence electrons. The van der Waals surface area contributed by atoms with Crippen LogP contribution in [0.15, 0.2) is 51.3 Å². The molecule has 0 unspecified atom stereocenters. The van der Waals surface area contributed by atoms with Crippen LogP contribution in [0.3, 0.4) is 0 Å². The fourth-order valence-corrected chi connectivity index (χ4v) is 4.74. The van der Waals surface area contributed by atoms with Crippen LogP contribution in [0, 0.1) is 17.1 Å².